The molecule has 7 heteroatoms. The maximum absolute atomic E-state index is 12.6. The molecule has 7 nitrogen and oxygen atoms in total. The quantitative estimate of drug-likeness (QED) is 0.595. The van der Waals surface area contributed by atoms with Gasteiger partial charge in [0.05, 0.1) is 21.9 Å². The SMILES string of the molecule is N#Cc1cc2c(=O)n(CCc3nc4ccccc4[nH]3)ccc2[nH]c1=O. The van der Waals surface area contributed by atoms with Gasteiger partial charge in [0.15, 0.2) is 0 Å². The number of pyridine rings is 2. The highest BCUT2D eigenvalue weighted by Crippen LogP contribution is 2.11. The van der Waals surface area contributed by atoms with Crippen LogP contribution in [0.5, 0.6) is 0 Å². The number of fused-ring (bicyclic) bond motifs is 2. The van der Waals surface area contributed by atoms with E-state index in [1.54, 1.807) is 22.9 Å². The fourth-order valence-corrected chi connectivity index (χ4v) is 2.85. The fraction of sp³-hybridized carbons (Fsp3) is 0.111. The molecule has 0 atom stereocenters. The molecule has 3 heterocycles. The summed E-state index contributed by atoms with van der Waals surface area (Å²) in [6.07, 6.45) is 2.20. The number of aromatic nitrogens is 4. The van der Waals surface area contributed by atoms with Crippen molar-refractivity contribution < 1.29 is 0 Å². The van der Waals surface area contributed by atoms with E-state index in [1.165, 1.54) is 6.07 Å². The van der Waals surface area contributed by atoms with E-state index in [9.17, 15) is 9.59 Å². The van der Waals surface area contributed by atoms with Crippen molar-refractivity contribution in [1.82, 2.24) is 19.5 Å². The first kappa shape index (κ1) is 14.9. The molecule has 0 saturated carbocycles. The zero-order valence-electron chi connectivity index (χ0n) is 13.1. The van der Waals surface area contributed by atoms with Gasteiger partial charge in [-0.05, 0) is 24.3 Å². The minimum absolute atomic E-state index is 0.0698. The first-order chi connectivity index (χ1) is 12.2. The molecular weight excluding hydrogens is 318 g/mol. The largest absolute Gasteiger partial charge is 0.342 e. The van der Waals surface area contributed by atoms with Crippen molar-refractivity contribution in [2.75, 3.05) is 0 Å². The average Bonchev–Trinajstić information content (AvgIpc) is 3.04. The molecule has 0 spiro atoms. The van der Waals surface area contributed by atoms with Crippen LogP contribution in [-0.2, 0) is 13.0 Å². The molecule has 0 saturated heterocycles. The number of nitrogens with one attached hydrogen (secondary N) is 2. The molecule has 0 aliphatic carbocycles. The van der Waals surface area contributed by atoms with E-state index in [4.69, 9.17) is 5.26 Å². The Hall–Kier alpha value is -3.66. The Bertz CT molecular complexity index is 1220. The molecule has 0 aliphatic rings. The number of hydrogen-bond donors (Lipinski definition) is 2. The van der Waals surface area contributed by atoms with Gasteiger partial charge in [-0.1, -0.05) is 12.1 Å². The maximum Gasteiger partial charge on any atom is 0.266 e. The topological polar surface area (TPSA) is 107 Å². The van der Waals surface area contributed by atoms with Gasteiger partial charge in [0.25, 0.3) is 11.1 Å². The first-order valence-electron chi connectivity index (χ1n) is 7.76. The van der Waals surface area contributed by atoms with Gasteiger partial charge in [-0.15, -0.1) is 0 Å². The lowest BCUT2D eigenvalue weighted by Gasteiger charge is -2.06. The number of benzene rings is 1. The zero-order chi connectivity index (χ0) is 17.4. The van der Waals surface area contributed by atoms with E-state index in [-0.39, 0.29) is 11.1 Å². The van der Waals surface area contributed by atoms with Crippen LogP contribution < -0.4 is 11.1 Å². The molecule has 2 N–H and O–H groups in total. The van der Waals surface area contributed by atoms with Gasteiger partial charge in [-0.2, -0.15) is 5.26 Å². The van der Waals surface area contributed by atoms with E-state index in [1.807, 2.05) is 24.3 Å². The van der Waals surface area contributed by atoms with E-state index in [0.29, 0.717) is 23.9 Å². The third kappa shape index (κ3) is 2.60. The second kappa shape index (κ2) is 5.76. The van der Waals surface area contributed by atoms with Crippen LogP contribution >= 0.6 is 0 Å². The fourth-order valence-electron chi connectivity index (χ4n) is 2.85. The van der Waals surface area contributed by atoms with Crippen LogP contribution in [0.4, 0.5) is 0 Å². The highest BCUT2D eigenvalue weighted by atomic mass is 16.1. The van der Waals surface area contributed by atoms with Crippen molar-refractivity contribution >= 4 is 21.9 Å². The molecule has 0 radical (unpaired) electrons. The third-order valence-electron chi connectivity index (χ3n) is 4.13. The Balaban J connectivity index is 1.68. The Kier molecular flexibility index (Phi) is 3.43. The number of imidazole rings is 1. The summed E-state index contributed by atoms with van der Waals surface area (Å²) in [5.74, 6) is 0.798. The lowest BCUT2D eigenvalue weighted by atomic mass is 10.2. The van der Waals surface area contributed by atoms with Gasteiger partial charge in [0.2, 0.25) is 0 Å². The average molecular weight is 331 g/mol. The molecule has 0 unspecified atom stereocenters. The monoisotopic (exact) mass is 331 g/mol. The Morgan fingerprint density at radius 2 is 1.96 bits per heavy atom. The van der Waals surface area contributed by atoms with E-state index < -0.39 is 5.56 Å². The number of nitrogens with zero attached hydrogens (tertiary/aromatic N) is 3. The minimum atomic E-state index is -0.491. The molecular formula is C18H13N5O2. The summed E-state index contributed by atoms with van der Waals surface area (Å²) >= 11 is 0. The van der Waals surface area contributed by atoms with Crippen LogP contribution in [0.1, 0.15) is 11.4 Å². The maximum atomic E-state index is 12.6. The van der Waals surface area contributed by atoms with Gasteiger partial charge in [-0.25, -0.2) is 4.98 Å². The Morgan fingerprint density at radius 1 is 1.12 bits per heavy atom. The third-order valence-corrected chi connectivity index (χ3v) is 4.13. The van der Waals surface area contributed by atoms with Gasteiger partial charge in [0, 0.05) is 19.2 Å². The number of para-hydroxylation sites is 2. The summed E-state index contributed by atoms with van der Waals surface area (Å²) in [5, 5.41) is 9.29. The van der Waals surface area contributed by atoms with Crippen LogP contribution in [0.15, 0.2) is 52.2 Å². The van der Waals surface area contributed by atoms with Crippen molar-refractivity contribution in [1.29, 1.82) is 5.26 Å². The normalized spacial score (nSPS) is 11.0. The number of nitriles is 1. The van der Waals surface area contributed by atoms with Gasteiger partial charge in [0.1, 0.15) is 17.5 Å². The molecule has 122 valence electrons. The molecule has 25 heavy (non-hydrogen) atoms. The standard InChI is InChI=1S/C18H13N5O2/c19-10-11-9-12-13(22-17(11)24)5-7-23(18(12)25)8-6-16-20-14-3-1-2-4-15(14)21-16/h1-5,7,9H,6,8H2,(H,20,21)(H,22,24). The van der Waals surface area contributed by atoms with Crippen LogP contribution in [0.25, 0.3) is 21.9 Å². The molecule has 4 aromatic rings. The number of rotatable bonds is 3. The van der Waals surface area contributed by atoms with Crippen LogP contribution in [0.2, 0.25) is 0 Å². The summed E-state index contributed by atoms with van der Waals surface area (Å²) in [4.78, 5) is 34.5. The molecule has 3 aromatic heterocycles. The summed E-state index contributed by atoms with van der Waals surface area (Å²) < 4.78 is 1.55. The van der Waals surface area contributed by atoms with Gasteiger partial charge < -0.3 is 14.5 Å². The molecule has 4 rings (SSSR count). The van der Waals surface area contributed by atoms with Gasteiger partial charge in [-0.3, -0.25) is 9.59 Å². The van der Waals surface area contributed by atoms with Crippen molar-refractivity contribution in [3.05, 3.63) is 74.7 Å². The van der Waals surface area contributed by atoms with Gasteiger partial charge >= 0.3 is 0 Å². The summed E-state index contributed by atoms with van der Waals surface area (Å²) in [5.41, 5.74) is 1.46. The van der Waals surface area contributed by atoms with E-state index in [0.717, 1.165) is 16.9 Å². The van der Waals surface area contributed by atoms with Crippen molar-refractivity contribution in [2.24, 2.45) is 0 Å². The highest BCUT2D eigenvalue weighted by molar-refractivity contribution is 5.78. The molecule has 0 aliphatic heterocycles. The first-order valence-corrected chi connectivity index (χ1v) is 7.76. The lowest BCUT2D eigenvalue weighted by molar-refractivity contribution is 0.659. The van der Waals surface area contributed by atoms with E-state index >= 15 is 0 Å². The number of H-pyrrole nitrogens is 2. The minimum Gasteiger partial charge on any atom is -0.342 e. The lowest BCUT2D eigenvalue weighted by Crippen LogP contribution is -2.23. The second-order valence-corrected chi connectivity index (χ2v) is 5.72. The smallest absolute Gasteiger partial charge is 0.266 e. The second-order valence-electron chi connectivity index (χ2n) is 5.72. The van der Waals surface area contributed by atoms with Crippen LogP contribution in [0, 0.1) is 11.3 Å². The molecule has 1 aromatic carbocycles. The molecule has 0 fully saturated rings. The van der Waals surface area contributed by atoms with E-state index in [2.05, 4.69) is 15.0 Å². The Morgan fingerprint density at radius 3 is 2.76 bits per heavy atom. The van der Waals surface area contributed by atoms with Crippen LogP contribution in [-0.4, -0.2) is 19.5 Å². The predicted octanol–water partition coefficient (Wildman–Crippen LogP) is 1.68. The number of aryl methyl sites for hydroxylation is 2. The molecule has 0 bridgehead atoms. The Labute approximate surface area is 141 Å². The van der Waals surface area contributed by atoms with Crippen molar-refractivity contribution in [3.63, 3.8) is 0 Å². The highest BCUT2D eigenvalue weighted by Gasteiger charge is 2.08. The van der Waals surface area contributed by atoms with Crippen LogP contribution in [0.3, 0.4) is 0 Å². The summed E-state index contributed by atoms with van der Waals surface area (Å²) in [7, 11) is 0. The zero-order valence-corrected chi connectivity index (χ0v) is 13.1. The molecule has 0 amide bonds. The predicted molar refractivity (Wildman–Crippen MR) is 93.3 cm³/mol. The number of hydrogen-bond acceptors (Lipinski definition) is 4. The summed E-state index contributed by atoms with van der Waals surface area (Å²) in [6, 6.07) is 12.5. The van der Waals surface area contributed by atoms with Crippen molar-refractivity contribution in [3.8, 4) is 6.07 Å². The van der Waals surface area contributed by atoms with Crippen molar-refractivity contribution in [2.45, 2.75) is 13.0 Å². The number of aromatic amines is 2. The summed E-state index contributed by atoms with van der Waals surface area (Å²) in [6.45, 7) is 0.440.